The highest BCUT2D eigenvalue weighted by atomic mass is 32.2. The van der Waals surface area contributed by atoms with Gasteiger partial charge in [-0.2, -0.15) is 4.31 Å². The highest BCUT2D eigenvalue weighted by Gasteiger charge is 2.34. The van der Waals surface area contributed by atoms with Crippen molar-refractivity contribution in [3.05, 3.63) is 59.9 Å². The van der Waals surface area contributed by atoms with Gasteiger partial charge in [0, 0.05) is 18.5 Å². The Balaban J connectivity index is 1.57. The number of aryl methyl sites for hydroxylation is 1. The van der Waals surface area contributed by atoms with Crippen molar-refractivity contribution in [3.8, 4) is 0 Å². The summed E-state index contributed by atoms with van der Waals surface area (Å²) in [5.41, 5.74) is 1.66. The summed E-state index contributed by atoms with van der Waals surface area (Å²) in [5, 5.41) is 3.38. The van der Waals surface area contributed by atoms with Crippen LogP contribution in [0.1, 0.15) is 35.9 Å². The molecule has 0 spiro atoms. The van der Waals surface area contributed by atoms with E-state index < -0.39 is 21.9 Å². The number of hydrogen-bond acceptors (Lipinski definition) is 6. The van der Waals surface area contributed by atoms with Crippen LogP contribution in [-0.2, 0) is 19.6 Å². The zero-order valence-corrected chi connectivity index (χ0v) is 19.4. The first kappa shape index (κ1) is 23.0. The number of anilines is 1. The molecule has 0 bridgehead atoms. The van der Waals surface area contributed by atoms with Gasteiger partial charge in [-0.05, 0) is 51.0 Å². The second-order valence-electron chi connectivity index (χ2n) is 8.03. The number of ether oxygens (including phenoxy) is 1. The molecule has 174 valence electrons. The third-order valence-corrected chi connectivity index (χ3v) is 7.60. The summed E-state index contributed by atoms with van der Waals surface area (Å²) in [7, 11) is -3.71. The fourth-order valence-corrected chi connectivity index (χ4v) is 5.49. The number of nitrogens with one attached hydrogen (secondary N) is 1. The molecule has 0 radical (unpaired) electrons. The Morgan fingerprint density at radius 2 is 1.88 bits per heavy atom. The van der Waals surface area contributed by atoms with E-state index in [0.717, 1.165) is 5.56 Å². The monoisotopic (exact) mass is 470 g/mol. The minimum absolute atomic E-state index is 0.0621. The number of benzene rings is 2. The van der Waals surface area contributed by atoms with E-state index in [1.807, 2.05) is 6.92 Å². The van der Waals surface area contributed by atoms with Crippen LogP contribution in [0.3, 0.4) is 0 Å². The van der Waals surface area contributed by atoms with Gasteiger partial charge < -0.3 is 14.5 Å². The average molecular weight is 471 g/mol. The Hall–Kier alpha value is -3.17. The molecule has 4 rings (SSSR count). The van der Waals surface area contributed by atoms with E-state index in [0.29, 0.717) is 30.4 Å². The Morgan fingerprint density at radius 3 is 2.61 bits per heavy atom. The summed E-state index contributed by atoms with van der Waals surface area (Å²) >= 11 is 0. The normalized spacial score (nSPS) is 17.1. The lowest BCUT2D eigenvalue weighted by Crippen LogP contribution is -2.43. The quantitative estimate of drug-likeness (QED) is 0.547. The first-order valence-corrected chi connectivity index (χ1v) is 12.3. The van der Waals surface area contributed by atoms with Crippen molar-refractivity contribution in [1.82, 2.24) is 4.31 Å². The molecule has 2 aromatic carbocycles. The summed E-state index contributed by atoms with van der Waals surface area (Å²) in [6.07, 6.45) is 1.09. The maximum Gasteiger partial charge on any atom is 0.376 e. The highest BCUT2D eigenvalue weighted by molar-refractivity contribution is 7.89. The van der Waals surface area contributed by atoms with E-state index in [4.69, 9.17) is 9.15 Å². The van der Waals surface area contributed by atoms with Crippen LogP contribution in [0.2, 0.25) is 0 Å². The van der Waals surface area contributed by atoms with Gasteiger partial charge in [0.15, 0.2) is 0 Å². The van der Waals surface area contributed by atoms with Crippen molar-refractivity contribution in [2.75, 3.05) is 25.0 Å². The standard InChI is InChI=1S/C24H26N2O6S/c1-3-31-24(28)22-21(19-8-4-5-9-20(19)32-22)25-23(27)17-7-6-14-26(15-17)33(29,30)18-12-10-16(2)11-13-18/h4-5,8-13,17H,3,6-7,14-15H2,1-2H3,(H,25,27). The zero-order valence-electron chi connectivity index (χ0n) is 18.5. The molecule has 9 heteroatoms. The zero-order chi connectivity index (χ0) is 23.6. The molecule has 2 heterocycles. The largest absolute Gasteiger partial charge is 0.460 e. The van der Waals surface area contributed by atoms with Crippen LogP contribution in [0.4, 0.5) is 5.69 Å². The topological polar surface area (TPSA) is 106 Å². The summed E-state index contributed by atoms with van der Waals surface area (Å²) in [6.45, 7) is 4.15. The van der Waals surface area contributed by atoms with Crippen molar-refractivity contribution in [2.45, 2.75) is 31.6 Å². The molecule has 3 aromatic rings. The van der Waals surface area contributed by atoms with Crippen LogP contribution in [0.15, 0.2) is 57.8 Å². The van der Waals surface area contributed by atoms with Crippen LogP contribution in [0, 0.1) is 12.8 Å². The number of sulfonamides is 1. The van der Waals surface area contributed by atoms with Gasteiger partial charge in [0.25, 0.3) is 0 Å². The number of furan rings is 1. The van der Waals surface area contributed by atoms with Gasteiger partial charge in [-0.15, -0.1) is 0 Å². The third kappa shape index (κ3) is 4.65. The number of esters is 1. The molecule has 8 nitrogen and oxygen atoms in total. The number of nitrogens with zero attached hydrogens (tertiary/aromatic N) is 1. The minimum atomic E-state index is -3.71. The molecule has 0 aliphatic carbocycles. The van der Waals surface area contributed by atoms with E-state index in [1.165, 1.54) is 4.31 Å². The summed E-state index contributed by atoms with van der Waals surface area (Å²) in [4.78, 5) is 25.8. The lowest BCUT2D eigenvalue weighted by atomic mass is 9.98. The molecule has 1 fully saturated rings. The lowest BCUT2D eigenvalue weighted by molar-refractivity contribution is -0.120. The number of amides is 1. The van der Waals surface area contributed by atoms with E-state index in [9.17, 15) is 18.0 Å². The number of fused-ring (bicyclic) bond motifs is 1. The van der Waals surface area contributed by atoms with Crippen LogP contribution in [0.25, 0.3) is 11.0 Å². The molecule has 1 atom stereocenters. The van der Waals surface area contributed by atoms with E-state index >= 15 is 0 Å². The predicted octanol–water partition coefficient (Wildman–Crippen LogP) is 3.96. The Labute approximate surface area is 192 Å². The second kappa shape index (κ2) is 9.36. The molecule has 1 aliphatic heterocycles. The maximum atomic E-state index is 13.2. The van der Waals surface area contributed by atoms with Gasteiger partial charge in [-0.1, -0.05) is 29.8 Å². The van der Waals surface area contributed by atoms with E-state index in [1.54, 1.807) is 55.5 Å². The molecule has 1 unspecified atom stereocenters. The van der Waals surface area contributed by atoms with Crippen LogP contribution >= 0.6 is 0 Å². The number of rotatable bonds is 6. The van der Waals surface area contributed by atoms with E-state index in [-0.39, 0.29) is 35.4 Å². The van der Waals surface area contributed by atoms with Gasteiger partial charge in [0.05, 0.1) is 17.4 Å². The molecule has 1 saturated heterocycles. The van der Waals surface area contributed by atoms with Crippen LogP contribution in [-0.4, -0.2) is 44.3 Å². The van der Waals surface area contributed by atoms with Crippen LogP contribution in [0.5, 0.6) is 0 Å². The first-order valence-electron chi connectivity index (χ1n) is 10.9. The predicted molar refractivity (Wildman–Crippen MR) is 123 cm³/mol. The summed E-state index contributed by atoms with van der Waals surface area (Å²) < 4.78 is 38.3. The highest BCUT2D eigenvalue weighted by Crippen LogP contribution is 2.33. The molecule has 1 amide bonds. The summed E-state index contributed by atoms with van der Waals surface area (Å²) in [6, 6.07) is 13.6. The Bertz CT molecular complexity index is 1280. The first-order chi connectivity index (χ1) is 15.8. The lowest BCUT2D eigenvalue weighted by Gasteiger charge is -2.31. The smallest absolute Gasteiger partial charge is 0.376 e. The Kier molecular flexibility index (Phi) is 6.53. The number of piperidine rings is 1. The maximum absolute atomic E-state index is 13.2. The van der Waals surface area contributed by atoms with Crippen molar-refractivity contribution < 1.29 is 27.2 Å². The Morgan fingerprint density at radius 1 is 1.15 bits per heavy atom. The van der Waals surface area contributed by atoms with Gasteiger partial charge in [-0.3, -0.25) is 4.79 Å². The number of carbonyl (C=O) groups excluding carboxylic acids is 2. The number of para-hydroxylation sites is 1. The summed E-state index contributed by atoms with van der Waals surface area (Å²) in [5.74, 6) is -1.68. The molecular weight excluding hydrogens is 444 g/mol. The fourth-order valence-electron chi connectivity index (χ4n) is 3.97. The second-order valence-corrected chi connectivity index (χ2v) is 9.97. The SMILES string of the molecule is CCOC(=O)c1oc2ccccc2c1NC(=O)C1CCCN(S(=O)(=O)c2ccc(C)cc2)C1. The van der Waals surface area contributed by atoms with Gasteiger partial charge >= 0.3 is 5.97 Å². The molecule has 1 aliphatic rings. The minimum Gasteiger partial charge on any atom is -0.460 e. The van der Waals surface area contributed by atoms with E-state index in [2.05, 4.69) is 5.32 Å². The van der Waals surface area contributed by atoms with Gasteiger partial charge in [-0.25, -0.2) is 13.2 Å². The van der Waals surface area contributed by atoms with Crippen molar-refractivity contribution in [1.29, 1.82) is 0 Å². The van der Waals surface area contributed by atoms with Crippen molar-refractivity contribution in [3.63, 3.8) is 0 Å². The average Bonchev–Trinajstić information content (AvgIpc) is 3.18. The fraction of sp³-hybridized carbons (Fsp3) is 0.333. The molecule has 33 heavy (non-hydrogen) atoms. The number of hydrogen-bond donors (Lipinski definition) is 1. The van der Waals surface area contributed by atoms with Crippen LogP contribution < -0.4 is 5.32 Å². The molecule has 1 aromatic heterocycles. The van der Waals surface area contributed by atoms with Crippen molar-refractivity contribution >= 4 is 38.6 Å². The van der Waals surface area contributed by atoms with Crippen molar-refractivity contribution in [2.24, 2.45) is 5.92 Å². The number of carbonyl (C=O) groups is 2. The van der Waals surface area contributed by atoms with Gasteiger partial charge in [0.2, 0.25) is 21.7 Å². The molecule has 1 N–H and O–H groups in total. The van der Waals surface area contributed by atoms with Gasteiger partial charge in [0.1, 0.15) is 11.3 Å². The molecule has 0 saturated carbocycles. The third-order valence-electron chi connectivity index (χ3n) is 5.72. The molecular formula is C24H26N2O6S.